The maximum atomic E-state index is 9.87. The van der Waals surface area contributed by atoms with E-state index in [1.54, 1.807) is 7.11 Å². The first kappa shape index (κ1) is 22.3. The number of methoxy groups -OCH3 is 1. The molecule has 4 N–H and O–H groups in total. The largest absolute Gasteiger partial charge is 0.493 e. The molecular formula is C24H27ClN4O3. The van der Waals surface area contributed by atoms with E-state index in [0.717, 1.165) is 24.0 Å². The number of nitrogens with one attached hydrogen (secondary N) is 2. The molecule has 0 spiro atoms. The van der Waals surface area contributed by atoms with Gasteiger partial charge in [0.2, 0.25) is 5.88 Å². The summed E-state index contributed by atoms with van der Waals surface area (Å²) in [4.78, 5) is 0. The summed E-state index contributed by atoms with van der Waals surface area (Å²) in [5.74, 6) is 1.17. The van der Waals surface area contributed by atoms with E-state index in [-0.39, 0.29) is 30.0 Å². The number of benzene rings is 2. The van der Waals surface area contributed by atoms with E-state index < -0.39 is 0 Å². The molecule has 4 unspecified atom stereocenters. The summed E-state index contributed by atoms with van der Waals surface area (Å²) in [5.41, 5.74) is 15.0. The minimum absolute atomic E-state index is 0.0161. The molecule has 2 heterocycles. The highest BCUT2D eigenvalue weighted by Crippen LogP contribution is 2.45. The van der Waals surface area contributed by atoms with Crippen molar-refractivity contribution in [3.8, 4) is 17.6 Å². The summed E-state index contributed by atoms with van der Waals surface area (Å²) in [5, 5.41) is 10.5. The average molecular weight is 455 g/mol. The molecule has 1 saturated heterocycles. The lowest BCUT2D eigenvalue weighted by molar-refractivity contribution is 0.0336. The predicted molar refractivity (Wildman–Crippen MR) is 122 cm³/mol. The highest BCUT2D eigenvalue weighted by molar-refractivity contribution is 6.30. The van der Waals surface area contributed by atoms with Gasteiger partial charge in [0.1, 0.15) is 12.7 Å². The Morgan fingerprint density at radius 1 is 1.16 bits per heavy atom. The summed E-state index contributed by atoms with van der Waals surface area (Å²) in [6, 6.07) is 15.7. The van der Waals surface area contributed by atoms with Crippen molar-refractivity contribution in [1.29, 1.82) is 5.26 Å². The normalized spacial score (nSPS) is 24.4. The quantitative estimate of drug-likeness (QED) is 0.582. The lowest BCUT2D eigenvalue weighted by Crippen LogP contribution is -2.41. The number of nitrogens with zero attached hydrogens (tertiary/aromatic N) is 1. The van der Waals surface area contributed by atoms with E-state index in [1.807, 2.05) is 42.5 Å². The number of hydrogen-bond donors (Lipinski definition) is 3. The summed E-state index contributed by atoms with van der Waals surface area (Å²) in [6.07, 6.45) is 1.66. The predicted octanol–water partition coefficient (Wildman–Crippen LogP) is 3.95. The molecule has 0 radical (unpaired) electrons. The van der Waals surface area contributed by atoms with Gasteiger partial charge in [-0.05, 0) is 41.8 Å². The number of nitriles is 1. The van der Waals surface area contributed by atoms with E-state index in [0.29, 0.717) is 28.7 Å². The number of nitrogens with two attached hydrogens (primary N) is 1. The van der Waals surface area contributed by atoms with Crippen LogP contribution in [0.1, 0.15) is 36.8 Å². The topological polar surface area (TPSA) is 102 Å². The molecule has 0 bridgehead atoms. The summed E-state index contributed by atoms with van der Waals surface area (Å²) in [6.45, 7) is 2.52. The highest BCUT2D eigenvalue weighted by Gasteiger charge is 2.48. The van der Waals surface area contributed by atoms with Gasteiger partial charge in [0.15, 0.2) is 17.7 Å². The van der Waals surface area contributed by atoms with Crippen molar-refractivity contribution >= 4 is 11.6 Å². The van der Waals surface area contributed by atoms with Gasteiger partial charge in [-0.2, -0.15) is 5.26 Å². The van der Waals surface area contributed by atoms with Crippen LogP contribution in [0.15, 0.2) is 53.9 Å². The van der Waals surface area contributed by atoms with Crippen molar-refractivity contribution in [2.75, 3.05) is 7.11 Å². The van der Waals surface area contributed by atoms with Crippen LogP contribution in [0.2, 0.25) is 5.02 Å². The van der Waals surface area contributed by atoms with E-state index >= 15 is 0 Å². The number of halogens is 1. The second-order valence-corrected chi connectivity index (χ2v) is 8.43. The number of allylic oxidation sites excluding steroid dienone is 1. The van der Waals surface area contributed by atoms with E-state index in [9.17, 15) is 5.26 Å². The Bertz CT molecular complexity index is 1030. The van der Waals surface area contributed by atoms with Gasteiger partial charge in [0.25, 0.3) is 0 Å². The lowest BCUT2D eigenvalue weighted by Gasteiger charge is -2.36. The first-order chi connectivity index (χ1) is 15.5. The van der Waals surface area contributed by atoms with Crippen LogP contribution in [0, 0.1) is 17.2 Å². The third kappa shape index (κ3) is 4.35. The minimum Gasteiger partial charge on any atom is -0.493 e. The van der Waals surface area contributed by atoms with Crippen LogP contribution in [-0.4, -0.2) is 19.4 Å². The van der Waals surface area contributed by atoms with Gasteiger partial charge in [-0.25, -0.2) is 5.43 Å². The Balaban J connectivity index is 1.64. The Labute approximate surface area is 193 Å². The van der Waals surface area contributed by atoms with Crippen molar-refractivity contribution in [2.45, 2.75) is 44.6 Å². The zero-order valence-corrected chi connectivity index (χ0v) is 18.9. The Hall–Kier alpha value is -2.92. The molecular weight excluding hydrogens is 428 g/mol. The Kier molecular flexibility index (Phi) is 6.75. The molecule has 0 amide bonds. The molecule has 7 nitrogen and oxygen atoms in total. The van der Waals surface area contributed by atoms with Gasteiger partial charge in [-0.15, -0.1) is 0 Å². The first-order valence-electron chi connectivity index (χ1n) is 10.7. The SMILES string of the molecule is CCCC1NNC2OC(N)=C(C#N)C(c3ccc(OCc4ccc(Cl)cc4)c(OC)c3)C12. The number of fused-ring (bicyclic) bond motifs is 1. The fourth-order valence-electron chi connectivity index (χ4n) is 4.48. The Morgan fingerprint density at radius 2 is 1.94 bits per heavy atom. The summed E-state index contributed by atoms with van der Waals surface area (Å²) in [7, 11) is 1.61. The fraction of sp³-hybridized carbons (Fsp3) is 0.375. The first-order valence-corrected chi connectivity index (χ1v) is 11.1. The van der Waals surface area contributed by atoms with Crippen LogP contribution >= 0.6 is 11.6 Å². The number of ether oxygens (including phenoxy) is 3. The van der Waals surface area contributed by atoms with Crippen molar-refractivity contribution in [1.82, 2.24) is 10.9 Å². The zero-order chi connectivity index (χ0) is 22.7. The van der Waals surface area contributed by atoms with Crippen LogP contribution in [-0.2, 0) is 11.3 Å². The average Bonchev–Trinajstić information content (AvgIpc) is 3.20. The Morgan fingerprint density at radius 3 is 2.62 bits per heavy atom. The fourth-order valence-corrected chi connectivity index (χ4v) is 4.61. The molecule has 0 aromatic heterocycles. The monoisotopic (exact) mass is 454 g/mol. The van der Waals surface area contributed by atoms with Gasteiger partial charge in [-0.1, -0.05) is 43.1 Å². The molecule has 1 fully saturated rings. The van der Waals surface area contributed by atoms with E-state index in [4.69, 9.17) is 31.5 Å². The maximum Gasteiger partial charge on any atom is 0.200 e. The van der Waals surface area contributed by atoms with Crippen molar-refractivity contribution in [3.05, 3.63) is 70.1 Å². The van der Waals surface area contributed by atoms with Crippen LogP contribution in [0.25, 0.3) is 0 Å². The van der Waals surface area contributed by atoms with Crippen LogP contribution in [0.4, 0.5) is 0 Å². The van der Waals surface area contributed by atoms with E-state index in [1.165, 1.54) is 0 Å². The molecule has 4 atom stereocenters. The highest BCUT2D eigenvalue weighted by atomic mass is 35.5. The van der Waals surface area contributed by atoms with Crippen LogP contribution < -0.4 is 26.1 Å². The molecule has 2 aromatic rings. The molecule has 8 heteroatoms. The van der Waals surface area contributed by atoms with Crippen molar-refractivity contribution < 1.29 is 14.2 Å². The zero-order valence-electron chi connectivity index (χ0n) is 18.1. The maximum absolute atomic E-state index is 9.87. The summed E-state index contributed by atoms with van der Waals surface area (Å²) < 4.78 is 17.4. The van der Waals surface area contributed by atoms with E-state index in [2.05, 4.69) is 23.8 Å². The summed E-state index contributed by atoms with van der Waals surface area (Å²) >= 11 is 5.96. The smallest absolute Gasteiger partial charge is 0.200 e. The molecule has 168 valence electrons. The number of hydrazine groups is 1. The number of rotatable bonds is 7. The molecule has 2 aliphatic heterocycles. The minimum atomic E-state index is -0.305. The van der Waals surface area contributed by atoms with Gasteiger partial charge in [0, 0.05) is 22.9 Å². The van der Waals surface area contributed by atoms with Gasteiger partial charge in [0.05, 0.1) is 12.7 Å². The lowest BCUT2D eigenvalue weighted by atomic mass is 9.74. The molecule has 2 aliphatic rings. The second kappa shape index (κ2) is 9.70. The third-order valence-corrected chi connectivity index (χ3v) is 6.27. The van der Waals surface area contributed by atoms with Gasteiger partial charge in [-0.3, -0.25) is 5.43 Å². The van der Waals surface area contributed by atoms with Gasteiger partial charge >= 0.3 is 0 Å². The van der Waals surface area contributed by atoms with Crippen molar-refractivity contribution in [3.63, 3.8) is 0 Å². The number of hydrogen-bond acceptors (Lipinski definition) is 7. The third-order valence-electron chi connectivity index (χ3n) is 6.02. The standard InChI is InChI=1S/C24H27ClN4O3/c1-3-4-18-22-21(17(12-26)23(27)32-24(22)29-28-18)15-7-10-19(20(11-15)30-2)31-13-14-5-8-16(25)9-6-14/h5-11,18,21-22,24,28-29H,3-4,13,27H2,1-2H3. The molecule has 0 saturated carbocycles. The molecule has 2 aromatic carbocycles. The van der Waals surface area contributed by atoms with Crippen LogP contribution in [0.5, 0.6) is 11.5 Å². The van der Waals surface area contributed by atoms with Gasteiger partial charge < -0.3 is 19.9 Å². The second-order valence-electron chi connectivity index (χ2n) is 7.99. The van der Waals surface area contributed by atoms with Crippen molar-refractivity contribution in [2.24, 2.45) is 11.7 Å². The molecule has 32 heavy (non-hydrogen) atoms. The molecule has 4 rings (SSSR count). The molecule has 0 aliphatic carbocycles. The van der Waals surface area contributed by atoms with Crippen LogP contribution in [0.3, 0.4) is 0 Å².